The Hall–Kier alpha value is -2.44. The number of thiophene rings is 1. The van der Waals surface area contributed by atoms with E-state index < -0.39 is 0 Å². The first-order valence-corrected chi connectivity index (χ1v) is 9.05. The quantitative estimate of drug-likeness (QED) is 0.486. The second-order valence-corrected chi connectivity index (χ2v) is 6.74. The van der Waals surface area contributed by atoms with Gasteiger partial charge in [0.2, 0.25) is 5.88 Å². The van der Waals surface area contributed by atoms with Gasteiger partial charge in [0.15, 0.2) is 12.4 Å². The van der Waals surface area contributed by atoms with Crippen molar-refractivity contribution in [2.45, 2.75) is 20.0 Å². The van der Waals surface area contributed by atoms with Crippen LogP contribution in [0.25, 0.3) is 21.5 Å². The second kappa shape index (κ2) is 6.82. The lowest BCUT2D eigenvalue weighted by molar-refractivity contribution is 0.244. The number of hydrogen-bond acceptors (Lipinski definition) is 6. The first-order chi connectivity index (χ1) is 12.2. The first-order valence-electron chi connectivity index (χ1n) is 7.80. The van der Waals surface area contributed by atoms with Crippen LogP contribution in [-0.2, 0) is 13.0 Å². The highest BCUT2D eigenvalue weighted by atomic mass is 35.5. The van der Waals surface area contributed by atoms with Crippen LogP contribution < -0.4 is 4.74 Å². The molecule has 3 heterocycles. The van der Waals surface area contributed by atoms with E-state index in [4.69, 9.17) is 20.9 Å². The second-order valence-electron chi connectivity index (χ2n) is 5.45. The Morgan fingerprint density at radius 2 is 2.04 bits per heavy atom. The van der Waals surface area contributed by atoms with E-state index in [0.29, 0.717) is 16.7 Å². The summed E-state index contributed by atoms with van der Waals surface area (Å²) in [7, 11) is 0. The SMILES string of the molecule is CCc1csc2ncnc(OCc3cc(-c4ccc(Cl)cc4)no3)c12. The molecule has 0 fully saturated rings. The highest BCUT2D eigenvalue weighted by Crippen LogP contribution is 2.31. The number of halogens is 1. The van der Waals surface area contributed by atoms with Gasteiger partial charge in [0, 0.05) is 16.7 Å². The Bertz CT molecular complexity index is 1010. The average molecular weight is 372 g/mol. The minimum Gasteiger partial charge on any atom is -0.469 e. The summed E-state index contributed by atoms with van der Waals surface area (Å²) in [5.41, 5.74) is 2.87. The summed E-state index contributed by atoms with van der Waals surface area (Å²) in [5, 5.41) is 7.85. The molecule has 0 unspecified atom stereocenters. The maximum Gasteiger partial charge on any atom is 0.226 e. The molecule has 25 heavy (non-hydrogen) atoms. The highest BCUT2D eigenvalue weighted by molar-refractivity contribution is 7.17. The summed E-state index contributed by atoms with van der Waals surface area (Å²) in [6, 6.07) is 9.30. The smallest absolute Gasteiger partial charge is 0.226 e. The van der Waals surface area contributed by atoms with Crippen molar-refractivity contribution < 1.29 is 9.26 Å². The van der Waals surface area contributed by atoms with Gasteiger partial charge in [-0.25, -0.2) is 9.97 Å². The minimum absolute atomic E-state index is 0.256. The van der Waals surface area contributed by atoms with Gasteiger partial charge in [-0.1, -0.05) is 35.8 Å². The minimum atomic E-state index is 0.256. The van der Waals surface area contributed by atoms with Crippen molar-refractivity contribution in [3.8, 4) is 17.1 Å². The third-order valence-electron chi connectivity index (χ3n) is 3.84. The maximum atomic E-state index is 5.91. The summed E-state index contributed by atoms with van der Waals surface area (Å²) >= 11 is 7.51. The molecule has 0 aliphatic heterocycles. The average Bonchev–Trinajstić information content (AvgIpc) is 3.27. The van der Waals surface area contributed by atoms with Gasteiger partial charge in [-0.2, -0.15) is 0 Å². The summed E-state index contributed by atoms with van der Waals surface area (Å²) in [4.78, 5) is 9.50. The fourth-order valence-corrected chi connectivity index (χ4v) is 3.66. The molecular weight excluding hydrogens is 358 g/mol. The molecule has 7 heteroatoms. The predicted octanol–water partition coefficient (Wildman–Crippen LogP) is 5.14. The van der Waals surface area contributed by atoms with Gasteiger partial charge >= 0.3 is 0 Å². The Labute approximate surface area is 153 Å². The van der Waals surface area contributed by atoms with Crippen LogP contribution >= 0.6 is 22.9 Å². The van der Waals surface area contributed by atoms with Crippen molar-refractivity contribution in [2.24, 2.45) is 0 Å². The fourth-order valence-electron chi connectivity index (χ4n) is 2.55. The molecule has 0 saturated carbocycles. The van der Waals surface area contributed by atoms with Crippen LogP contribution in [0.3, 0.4) is 0 Å². The number of rotatable bonds is 5. The molecular formula is C18H14ClN3O2S. The molecule has 0 spiro atoms. The number of nitrogens with zero attached hydrogens (tertiary/aromatic N) is 3. The summed E-state index contributed by atoms with van der Waals surface area (Å²) in [6.45, 7) is 2.36. The molecule has 0 amide bonds. The largest absolute Gasteiger partial charge is 0.469 e. The molecule has 1 aromatic carbocycles. The van der Waals surface area contributed by atoms with Crippen LogP contribution in [0.15, 0.2) is 46.6 Å². The van der Waals surface area contributed by atoms with Crippen molar-refractivity contribution in [2.75, 3.05) is 0 Å². The molecule has 0 N–H and O–H groups in total. The van der Waals surface area contributed by atoms with Gasteiger partial charge in [-0.05, 0) is 29.5 Å². The Kier molecular flexibility index (Phi) is 4.38. The van der Waals surface area contributed by atoms with E-state index in [1.807, 2.05) is 30.3 Å². The van der Waals surface area contributed by atoms with Gasteiger partial charge in [-0.3, -0.25) is 0 Å². The number of aromatic nitrogens is 3. The van der Waals surface area contributed by atoms with E-state index in [-0.39, 0.29) is 6.61 Å². The van der Waals surface area contributed by atoms with Crippen LogP contribution in [0, 0.1) is 0 Å². The summed E-state index contributed by atoms with van der Waals surface area (Å²) < 4.78 is 11.2. The normalized spacial score (nSPS) is 11.1. The molecule has 0 saturated heterocycles. The number of benzene rings is 1. The Morgan fingerprint density at radius 3 is 2.84 bits per heavy atom. The molecule has 126 valence electrons. The molecule has 0 radical (unpaired) electrons. The van der Waals surface area contributed by atoms with Crippen LogP contribution in [0.4, 0.5) is 0 Å². The van der Waals surface area contributed by atoms with E-state index in [0.717, 1.165) is 27.9 Å². The fraction of sp³-hybridized carbons (Fsp3) is 0.167. The van der Waals surface area contributed by atoms with Crippen molar-refractivity contribution in [3.63, 3.8) is 0 Å². The third-order valence-corrected chi connectivity index (χ3v) is 5.03. The van der Waals surface area contributed by atoms with E-state index >= 15 is 0 Å². The van der Waals surface area contributed by atoms with Gasteiger partial charge in [-0.15, -0.1) is 11.3 Å². The van der Waals surface area contributed by atoms with Crippen LogP contribution in [0.5, 0.6) is 5.88 Å². The van der Waals surface area contributed by atoms with Gasteiger partial charge in [0.05, 0.1) is 5.39 Å². The first kappa shape index (κ1) is 16.1. The molecule has 0 aliphatic carbocycles. The zero-order valence-electron chi connectivity index (χ0n) is 13.4. The van der Waals surface area contributed by atoms with Crippen LogP contribution in [-0.4, -0.2) is 15.1 Å². The molecule has 5 nitrogen and oxygen atoms in total. The van der Waals surface area contributed by atoms with Crippen molar-refractivity contribution in [3.05, 3.63) is 58.4 Å². The lowest BCUT2D eigenvalue weighted by atomic mass is 10.1. The van der Waals surface area contributed by atoms with Gasteiger partial charge in [0.25, 0.3) is 0 Å². The van der Waals surface area contributed by atoms with E-state index in [2.05, 4.69) is 27.4 Å². The zero-order chi connectivity index (χ0) is 17.2. The molecule has 0 bridgehead atoms. The Balaban J connectivity index is 1.54. The zero-order valence-corrected chi connectivity index (χ0v) is 15.0. The van der Waals surface area contributed by atoms with Crippen LogP contribution in [0.1, 0.15) is 18.2 Å². The summed E-state index contributed by atoms with van der Waals surface area (Å²) in [5.74, 6) is 1.21. The highest BCUT2D eigenvalue weighted by Gasteiger charge is 2.13. The van der Waals surface area contributed by atoms with Crippen molar-refractivity contribution in [1.82, 2.24) is 15.1 Å². The van der Waals surface area contributed by atoms with E-state index in [9.17, 15) is 0 Å². The number of ether oxygens (including phenoxy) is 1. The topological polar surface area (TPSA) is 61.0 Å². The molecule has 3 aromatic heterocycles. The molecule has 4 rings (SSSR count). The van der Waals surface area contributed by atoms with Crippen molar-refractivity contribution >= 4 is 33.2 Å². The Morgan fingerprint density at radius 1 is 1.20 bits per heavy atom. The lowest BCUT2D eigenvalue weighted by Crippen LogP contribution is -1.97. The van der Waals surface area contributed by atoms with E-state index in [1.54, 1.807) is 11.3 Å². The van der Waals surface area contributed by atoms with Crippen LogP contribution in [0.2, 0.25) is 5.02 Å². The van der Waals surface area contributed by atoms with E-state index in [1.165, 1.54) is 11.9 Å². The monoisotopic (exact) mass is 371 g/mol. The molecule has 0 aliphatic rings. The third kappa shape index (κ3) is 3.23. The number of hydrogen-bond donors (Lipinski definition) is 0. The number of aryl methyl sites for hydroxylation is 1. The standard InChI is InChI=1S/C18H14ClN3O2S/c1-2-11-9-25-18-16(11)17(20-10-21-18)23-8-14-7-15(22-24-14)12-3-5-13(19)6-4-12/h3-7,9-10H,2,8H2,1H3. The molecule has 0 atom stereocenters. The summed E-state index contributed by atoms with van der Waals surface area (Å²) in [6.07, 6.45) is 2.43. The van der Waals surface area contributed by atoms with Gasteiger partial charge < -0.3 is 9.26 Å². The molecule has 4 aromatic rings. The van der Waals surface area contributed by atoms with Gasteiger partial charge in [0.1, 0.15) is 16.9 Å². The lowest BCUT2D eigenvalue weighted by Gasteiger charge is -2.04. The number of fused-ring (bicyclic) bond motifs is 1. The van der Waals surface area contributed by atoms with Crippen molar-refractivity contribution in [1.29, 1.82) is 0 Å². The maximum absolute atomic E-state index is 5.91. The predicted molar refractivity (Wildman–Crippen MR) is 98.1 cm³/mol.